The second kappa shape index (κ2) is 9.51. The molecule has 7 nitrogen and oxygen atoms in total. The molecule has 33 heavy (non-hydrogen) atoms. The summed E-state index contributed by atoms with van der Waals surface area (Å²) in [6.07, 6.45) is -0.296. The Balaban J connectivity index is 1.83. The van der Waals surface area contributed by atoms with Crippen LogP contribution >= 0.6 is 34.8 Å². The Morgan fingerprint density at radius 3 is 2.48 bits per heavy atom. The predicted molar refractivity (Wildman–Crippen MR) is 121 cm³/mol. The van der Waals surface area contributed by atoms with Gasteiger partial charge in [-0.1, -0.05) is 11.6 Å². The number of hydrogen-bond acceptors (Lipinski definition) is 4. The van der Waals surface area contributed by atoms with Gasteiger partial charge in [-0.25, -0.2) is 8.78 Å². The molecule has 0 radical (unpaired) electrons. The van der Waals surface area contributed by atoms with Gasteiger partial charge >= 0.3 is 0 Å². The number of rotatable bonds is 6. The van der Waals surface area contributed by atoms with Crippen LogP contribution in [0.3, 0.4) is 0 Å². The Hall–Kier alpha value is -2.93. The van der Waals surface area contributed by atoms with Gasteiger partial charge in [0.2, 0.25) is 11.8 Å². The molecule has 1 aliphatic rings. The van der Waals surface area contributed by atoms with Crippen LogP contribution in [0.5, 0.6) is 0 Å². The zero-order valence-electron chi connectivity index (χ0n) is 16.9. The SMILES string of the molecule is CN(C(=O)CC#N)c1c(F)ccc(NC(=O)c2cc(NC(=O)[C@H]3CC3(Cl)Cl)ccc2Cl)c1F. The summed E-state index contributed by atoms with van der Waals surface area (Å²) in [6.45, 7) is 0. The monoisotopic (exact) mass is 514 g/mol. The molecule has 1 aliphatic carbocycles. The standard InChI is InChI=1S/C21H15Cl3F2N4O3/c1-30(16(31)6-7-27)18-14(25)4-5-15(17(18)26)29-19(32)11-8-10(2-3-13(11)22)28-20(33)12-9-21(12,23)24/h2-5,8,12H,6,9H2,1H3,(H,28,33)(H,29,32)/t12-/m1/s1. The number of benzene rings is 2. The van der Waals surface area contributed by atoms with Crippen molar-refractivity contribution < 1.29 is 23.2 Å². The number of carbonyl (C=O) groups excluding carboxylic acids is 3. The van der Waals surface area contributed by atoms with Gasteiger partial charge in [0.1, 0.15) is 22.3 Å². The summed E-state index contributed by atoms with van der Waals surface area (Å²) in [5.41, 5.74) is -1.03. The lowest BCUT2D eigenvalue weighted by Gasteiger charge is -2.19. The quantitative estimate of drug-likeness (QED) is 0.535. The van der Waals surface area contributed by atoms with Crippen molar-refractivity contribution in [3.05, 3.63) is 52.6 Å². The van der Waals surface area contributed by atoms with E-state index in [1.165, 1.54) is 18.2 Å². The molecule has 0 spiro atoms. The lowest BCUT2D eigenvalue weighted by Crippen LogP contribution is -2.28. The van der Waals surface area contributed by atoms with E-state index in [2.05, 4.69) is 10.6 Å². The van der Waals surface area contributed by atoms with E-state index in [-0.39, 0.29) is 16.3 Å². The molecule has 1 atom stereocenters. The van der Waals surface area contributed by atoms with Gasteiger partial charge in [0.15, 0.2) is 5.82 Å². The molecule has 2 aromatic rings. The highest BCUT2D eigenvalue weighted by molar-refractivity contribution is 6.52. The summed E-state index contributed by atoms with van der Waals surface area (Å²) in [4.78, 5) is 37.4. The van der Waals surface area contributed by atoms with Gasteiger partial charge in [0.25, 0.3) is 5.91 Å². The van der Waals surface area contributed by atoms with Crippen molar-refractivity contribution in [2.45, 2.75) is 17.2 Å². The molecule has 0 unspecified atom stereocenters. The Morgan fingerprint density at radius 1 is 1.21 bits per heavy atom. The summed E-state index contributed by atoms with van der Waals surface area (Å²) in [6, 6.07) is 7.52. The van der Waals surface area contributed by atoms with Gasteiger partial charge in [-0.2, -0.15) is 5.26 Å². The fraction of sp³-hybridized carbons (Fsp3) is 0.238. The smallest absolute Gasteiger partial charge is 0.257 e. The molecule has 3 amide bonds. The van der Waals surface area contributed by atoms with E-state index in [1.54, 1.807) is 6.07 Å². The number of alkyl halides is 2. The van der Waals surface area contributed by atoms with E-state index >= 15 is 0 Å². The predicted octanol–water partition coefficient (Wildman–Crippen LogP) is 4.88. The molecule has 0 saturated heterocycles. The molecule has 172 valence electrons. The van der Waals surface area contributed by atoms with Crippen molar-refractivity contribution >= 4 is 69.6 Å². The van der Waals surface area contributed by atoms with Crippen molar-refractivity contribution in [3.63, 3.8) is 0 Å². The number of halogens is 5. The zero-order chi connectivity index (χ0) is 24.5. The largest absolute Gasteiger partial charge is 0.326 e. The third kappa shape index (κ3) is 5.36. The first-order chi connectivity index (χ1) is 15.5. The Labute approximate surface area is 202 Å². The normalized spacial score (nSPS) is 15.8. The van der Waals surface area contributed by atoms with Crippen molar-refractivity contribution in [1.29, 1.82) is 5.26 Å². The second-order valence-corrected chi connectivity index (χ2v) is 9.15. The van der Waals surface area contributed by atoms with E-state index in [0.717, 1.165) is 19.2 Å². The van der Waals surface area contributed by atoms with Crippen LogP contribution in [-0.2, 0) is 9.59 Å². The average Bonchev–Trinajstić information content (AvgIpc) is 3.40. The number of amides is 3. The Bertz CT molecular complexity index is 1200. The van der Waals surface area contributed by atoms with Gasteiger partial charge in [-0.15, -0.1) is 23.2 Å². The van der Waals surface area contributed by atoms with Crippen LogP contribution < -0.4 is 15.5 Å². The summed E-state index contributed by atoms with van der Waals surface area (Å²) in [5, 5.41) is 13.5. The number of nitrogens with zero attached hydrogens (tertiary/aromatic N) is 2. The molecule has 1 saturated carbocycles. The number of nitrogens with one attached hydrogen (secondary N) is 2. The summed E-state index contributed by atoms with van der Waals surface area (Å²) >= 11 is 17.8. The molecular weight excluding hydrogens is 501 g/mol. The fourth-order valence-electron chi connectivity index (χ4n) is 2.95. The van der Waals surface area contributed by atoms with Gasteiger partial charge in [0.05, 0.1) is 28.3 Å². The van der Waals surface area contributed by atoms with Crippen molar-refractivity contribution in [3.8, 4) is 6.07 Å². The van der Waals surface area contributed by atoms with E-state index in [1.807, 2.05) is 0 Å². The minimum absolute atomic E-state index is 0.00464. The maximum Gasteiger partial charge on any atom is 0.257 e. The molecule has 0 bridgehead atoms. The van der Waals surface area contributed by atoms with E-state index < -0.39 is 57.4 Å². The van der Waals surface area contributed by atoms with Crippen molar-refractivity contribution in [1.82, 2.24) is 0 Å². The van der Waals surface area contributed by atoms with Crippen LogP contribution in [-0.4, -0.2) is 29.1 Å². The first kappa shape index (κ1) is 24.7. The molecule has 0 aliphatic heterocycles. The Kier molecular flexibility index (Phi) is 7.12. The van der Waals surface area contributed by atoms with Gasteiger partial charge in [0, 0.05) is 12.7 Å². The molecule has 2 aromatic carbocycles. The van der Waals surface area contributed by atoms with Crippen LogP contribution in [0, 0.1) is 28.9 Å². The summed E-state index contributed by atoms with van der Waals surface area (Å²) < 4.78 is 28.0. The van der Waals surface area contributed by atoms with Crippen LogP contribution in [0.15, 0.2) is 30.3 Å². The third-order valence-electron chi connectivity index (χ3n) is 4.88. The molecule has 1 fully saturated rings. The topological polar surface area (TPSA) is 102 Å². The van der Waals surface area contributed by atoms with Crippen LogP contribution in [0.1, 0.15) is 23.2 Å². The summed E-state index contributed by atoms with van der Waals surface area (Å²) in [5.74, 6) is -4.99. The van der Waals surface area contributed by atoms with Gasteiger partial charge < -0.3 is 15.5 Å². The van der Waals surface area contributed by atoms with E-state index in [9.17, 15) is 23.2 Å². The Morgan fingerprint density at radius 2 is 1.88 bits per heavy atom. The lowest BCUT2D eigenvalue weighted by atomic mass is 10.1. The third-order valence-corrected chi connectivity index (χ3v) is 6.04. The molecule has 12 heteroatoms. The highest BCUT2D eigenvalue weighted by atomic mass is 35.5. The van der Waals surface area contributed by atoms with Crippen molar-refractivity contribution in [2.75, 3.05) is 22.6 Å². The number of nitriles is 1. The number of hydrogen-bond donors (Lipinski definition) is 2. The number of anilines is 3. The highest BCUT2D eigenvalue weighted by Gasteiger charge is 2.56. The molecule has 0 aromatic heterocycles. The fourth-order valence-corrected chi connectivity index (χ4v) is 3.66. The average molecular weight is 516 g/mol. The maximum absolute atomic E-state index is 14.9. The second-order valence-electron chi connectivity index (χ2n) is 7.20. The van der Waals surface area contributed by atoms with Crippen molar-refractivity contribution in [2.24, 2.45) is 5.92 Å². The molecular formula is C21H15Cl3F2N4O3. The van der Waals surface area contributed by atoms with Gasteiger partial charge in [-0.05, 0) is 36.8 Å². The molecule has 3 rings (SSSR count). The maximum atomic E-state index is 14.9. The minimum atomic E-state index is -1.22. The highest BCUT2D eigenvalue weighted by Crippen LogP contribution is 2.53. The van der Waals surface area contributed by atoms with Crippen LogP contribution in [0.25, 0.3) is 0 Å². The van der Waals surface area contributed by atoms with Gasteiger partial charge in [-0.3, -0.25) is 14.4 Å². The molecule has 2 N–H and O–H groups in total. The summed E-state index contributed by atoms with van der Waals surface area (Å²) in [7, 11) is 1.10. The first-order valence-corrected chi connectivity index (χ1v) is 10.5. The number of carbonyl (C=O) groups is 3. The minimum Gasteiger partial charge on any atom is -0.326 e. The van der Waals surface area contributed by atoms with E-state index in [4.69, 9.17) is 40.1 Å². The van der Waals surface area contributed by atoms with Crippen LogP contribution in [0.4, 0.5) is 25.8 Å². The lowest BCUT2D eigenvalue weighted by molar-refractivity contribution is -0.118. The van der Waals surface area contributed by atoms with E-state index in [0.29, 0.717) is 11.3 Å². The first-order valence-electron chi connectivity index (χ1n) is 9.37. The zero-order valence-corrected chi connectivity index (χ0v) is 19.2. The molecule has 0 heterocycles. The van der Waals surface area contributed by atoms with Crippen LogP contribution in [0.2, 0.25) is 5.02 Å².